The molecule has 6 nitrogen and oxygen atoms in total. The molecule has 0 saturated carbocycles. The number of rotatable bonds is 11. The zero-order chi connectivity index (χ0) is 27.1. The van der Waals surface area contributed by atoms with Crippen LogP contribution >= 0.6 is 8.81 Å². The van der Waals surface area contributed by atoms with Crippen LogP contribution in [0.5, 0.6) is 5.75 Å². The third-order valence-electron chi connectivity index (χ3n) is 7.02. The van der Waals surface area contributed by atoms with E-state index in [0.29, 0.717) is 21.8 Å². The zero-order valence-corrected chi connectivity index (χ0v) is 25.8. The van der Waals surface area contributed by atoms with Crippen LogP contribution in [-0.4, -0.2) is 57.3 Å². The molecule has 1 aromatic carbocycles. The van der Waals surface area contributed by atoms with Gasteiger partial charge in [-0.15, -0.1) is 0 Å². The van der Waals surface area contributed by atoms with Gasteiger partial charge < -0.3 is 28.3 Å². The summed E-state index contributed by atoms with van der Waals surface area (Å²) in [5.41, 5.74) is 1.21. The number of hydrogen-bond acceptors (Lipinski definition) is 6. The molecule has 0 spiro atoms. The first-order valence-electron chi connectivity index (χ1n) is 12.9. The topological polar surface area (TPSA) is 66.4 Å². The number of methoxy groups -OCH3 is 1. The van der Waals surface area contributed by atoms with Gasteiger partial charge in [-0.3, -0.25) is 0 Å². The van der Waals surface area contributed by atoms with Crippen molar-refractivity contribution in [2.75, 3.05) is 13.7 Å². The molecule has 0 aliphatic carbocycles. The molecular weight excluding hydrogens is 491 g/mol. The highest BCUT2D eigenvalue weighted by Crippen LogP contribution is 2.38. The predicted octanol–water partition coefficient (Wildman–Crippen LogP) is 6.13. The summed E-state index contributed by atoms with van der Waals surface area (Å²) >= 11 is 0. The lowest BCUT2D eigenvalue weighted by molar-refractivity contribution is -0.152. The van der Waals surface area contributed by atoms with E-state index >= 15 is 0 Å². The summed E-state index contributed by atoms with van der Waals surface area (Å²) < 4.78 is 29.7. The Kier molecular flexibility index (Phi) is 11.5. The predicted molar refractivity (Wildman–Crippen MR) is 150 cm³/mol. The van der Waals surface area contributed by atoms with Crippen molar-refractivity contribution in [2.24, 2.45) is 5.92 Å². The second-order valence-corrected chi connectivity index (χ2v) is 17.2. The SMILES string of the molecule is COc1ccc(CPOCC[C@@H]2OC(C)(C)O[C@@H]2C(O)C#C[C@@H](C)C(C)O[Si](C)(C)C(C)(C)C)cc1. The van der Waals surface area contributed by atoms with E-state index in [2.05, 4.69) is 64.8 Å². The van der Waals surface area contributed by atoms with Crippen LogP contribution in [0.2, 0.25) is 18.1 Å². The van der Waals surface area contributed by atoms with Gasteiger partial charge in [-0.25, -0.2) is 0 Å². The summed E-state index contributed by atoms with van der Waals surface area (Å²) in [6.45, 7) is 19.6. The lowest BCUT2D eigenvalue weighted by Gasteiger charge is -2.39. The van der Waals surface area contributed by atoms with Gasteiger partial charge in [0, 0.05) is 27.3 Å². The van der Waals surface area contributed by atoms with Gasteiger partial charge in [0.2, 0.25) is 0 Å². The standard InChI is InChI=1S/C28H47O6PSi/c1-20(21(2)34-36(9,10)27(3,4)5)11-16-24(29)26-25(32-28(6,7)33-26)17-18-31-35-19-22-12-14-23(30-8)15-13-22/h12-15,20-21,24-26,29,35H,17-19H2,1-10H3/t20-,21?,24?,25+,26-/m1/s1. The highest BCUT2D eigenvalue weighted by molar-refractivity contribution is 7.31. The molecule has 1 fully saturated rings. The van der Waals surface area contributed by atoms with Crippen molar-refractivity contribution in [3.63, 3.8) is 0 Å². The molecule has 2 rings (SSSR count). The summed E-state index contributed by atoms with van der Waals surface area (Å²) in [6, 6.07) is 8.02. The molecular formula is C28H47O6PSi. The molecule has 204 valence electrons. The Morgan fingerprint density at radius 3 is 2.33 bits per heavy atom. The maximum Gasteiger partial charge on any atom is 0.192 e. The average molecular weight is 539 g/mol. The quantitative estimate of drug-likeness (QED) is 0.158. The summed E-state index contributed by atoms with van der Waals surface area (Å²) in [5.74, 6) is 6.29. The van der Waals surface area contributed by atoms with Gasteiger partial charge in [0.1, 0.15) is 18.0 Å². The van der Waals surface area contributed by atoms with Crippen molar-refractivity contribution < 1.29 is 28.3 Å². The highest BCUT2D eigenvalue weighted by atomic mass is 31.1. The van der Waals surface area contributed by atoms with Crippen molar-refractivity contribution in [3.8, 4) is 17.6 Å². The average Bonchev–Trinajstić information content (AvgIpc) is 3.10. The molecule has 8 heteroatoms. The van der Waals surface area contributed by atoms with Crippen molar-refractivity contribution in [3.05, 3.63) is 29.8 Å². The van der Waals surface area contributed by atoms with Crippen LogP contribution in [0, 0.1) is 17.8 Å². The molecule has 1 aliphatic rings. The van der Waals surface area contributed by atoms with Crippen LogP contribution in [0.3, 0.4) is 0 Å². The second kappa shape index (κ2) is 13.2. The molecule has 0 amide bonds. The van der Waals surface area contributed by atoms with E-state index in [9.17, 15) is 5.11 Å². The smallest absolute Gasteiger partial charge is 0.192 e. The summed E-state index contributed by atoms with van der Waals surface area (Å²) in [6.07, 6.45) is -0.291. The van der Waals surface area contributed by atoms with Crippen LogP contribution < -0.4 is 4.74 Å². The van der Waals surface area contributed by atoms with E-state index in [1.54, 1.807) is 7.11 Å². The molecule has 1 heterocycles. The van der Waals surface area contributed by atoms with E-state index in [4.69, 9.17) is 23.2 Å². The maximum atomic E-state index is 10.9. The van der Waals surface area contributed by atoms with Crippen molar-refractivity contribution in [1.82, 2.24) is 0 Å². The van der Waals surface area contributed by atoms with Crippen LogP contribution in [0.25, 0.3) is 0 Å². The number of aliphatic hydroxyl groups excluding tert-OH is 1. The molecule has 0 aromatic heterocycles. The van der Waals surface area contributed by atoms with E-state index in [1.165, 1.54) is 5.56 Å². The normalized spacial score (nSPS) is 22.8. The minimum atomic E-state index is -1.88. The first-order chi connectivity index (χ1) is 16.6. The van der Waals surface area contributed by atoms with Gasteiger partial charge in [-0.2, -0.15) is 0 Å². The van der Waals surface area contributed by atoms with Gasteiger partial charge in [-0.1, -0.05) is 44.7 Å². The number of aliphatic hydroxyl groups is 1. The highest BCUT2D eigenvalue weighted by Gasteiger charge is 2.44. The van der Waals surface area contributed by atoms with Crippen molar-refractivity contribution in [1.29, 1.82) is 0 Å². The van der Waals surface area contributed by atoms with Crippen LogP contribution in [0.4, 0.5) is 0 Å². The fourth-order valence-electron chi connectivity index (χ4n) is 3.64. The molecule has 0 radical (unpaired) electrons. The summed E-state index contributed by atoms with van der Waals surface area (Å²) in [5, 5.41) is 11.0. The third kappa shape index (κ3) is 9.40. The third-order valence-corrected chi connectivity index (χ3v) is 12.6. The minimum absolute atomic E-state index is 0.00922. The largest absolute Gasteiger partial charge is 0.497 e. The zero-order valence-electron chi connectivity index (χ0n) is 23.8. The molecule has 36 heavy (non-hydrogen) atoms. The monoisotopic (exact) mass is 538 g/mol. The molecule has 1 saturated heterocycles. The summed E-state index contributed by atoms with van der Waals surface area (Å²) in [4.78, 5) is 0. The first kappa shape index (κ1) is 31.2. The van der Waals surface area contributed by atoms with Gasteiger partial charge in [0.15, 0.2) is 14.1 Å². The van der Waals surface area contributed by atoms with E-state index in [1.807, 2.05) is 32.9 Å². The van der Waals surface area contributed by atoms with E-state index in [0.717, 1.165) is 11.9 Å². The van der Waals surface area contributed by atoms with Gasteiger partial charge in [0.25, 0.3) is 0 Å². The van der Waals surface area contributed by atoms with E-state index in [-0.39, 0.29) is 23.2 Å². The molecule has 0 bridgehead atoms. The van der Waals surface area contributed by atoms with Gasteiger partial charge in [-0.05, 0) is 63.5 Å². The molecule has 3 unspecified atom stereocenters. The first-order valence-corrected chi connectivity index (χ1v) is 16.9. The molecule has 6 atom stereocenters. The van der Waals surface area contributed by atoms with Crippen molar-refractivity contribution in [2.45, 2.75) is 109 Å². The molecule has 1 aromatic rings. The number of hydrogen-bond donors (Lipinski definition) is 1. The Morgan fingerprint density at radius 2 is 1.75 bits per heavy atom. The lowest BCUT2D eigenvalue weighted by atomic mass is 10.0. The van der Waals surface area contributed by atoms with Crippen LogP contribution in [-0.2, 0) is 24.6 Å². The van der Waals surface area contributed by atoms with Gasteiger partial charge in [0.05, 0.1) is 25.9 Å². The Morgan fingerprint density at radius 1 is 1.11 bits per heavy atom. The second-order valence-electron chi connectivity index (χ2n) is 11.6. The van der Waals surface area contributed by atoms with Gasteiger partial charge >= 0.3 is 0 Å². The Bertz CT molecular complexity index is 871. The fraction of sp³-hybridized carbons (Fsp3) is 0.714. The summed E-state index contributed by atoms with van der Waals surface area (Å²) in [7, 11) is 0.128. The number of benzene rings is 1. The van der Waals surface area contributed by atoms with Crippen molar-refractivity contribution >= 4 is 17.1 Å². The van der Waals surface area contributed by atoms with E-state index < -0.39 is 26.3 Å². The minimum Gasteiger partial charge on any atom is -0.497 e. The number of ether oxygens (including phenoxy) is 3. The Balaban J connectivity index is 1.87. The Hall–Kier alpha value is -0.973. The lowest BCUT2D eigenvalue weighted by Crippen LogP contribution is -2.44. The van der Waals surface area contributed by atoms with Crippen LogP contribution in [0.15, 0.2) is 24.3 Å². The Labute approximate surface area is 221 Å². The molecule has 1 N–H and O–H groups in total. The molecule has 1 aliphatic heterocycles. The van der Waals surface area contributed by atoms with Crippen LogP contribution in [0.1, 0.15) is 60.5 Å². The maximum absolute atomic E-state index is 10.9. The fourth-order valence-corrected chi connectivity index (χ4v) is 5.89.